The molecule has 5 heteroatoms. The number of amides is 2. The Kier molecular flexibility index (Phi) is 2.99. The van der Waals surface area contributed by atoms with E-state index in [-0.39, 0.29) is 18.4 Å². The molecule has 1 aliphatic rings. The molecule has 90 valence electrons. The number of likely N-dealkylation sites (N-methyl/N-ethyl adjacent to an activating group) is 1. The van der Waals surface area contributed by atoms with Crippen LogP contribution in [-0.4, -0.2) is 31.5 Å². The molecule has 0 aromatic heterocycles. The van der Waals surface area contributed by atoms with Crippen LogP contribution < -0.4 is 15.0 Å². The van der Waals surface area contributed by atoms with Crippen LogP contribution in [0.2, 0.25) is 0 Å². The number of nitrogens with zero attached hydrogens (tertiary/aromatic N) is 1. The maximum atomic E-state index is 12.0. The van der Waals surface area contributed by atoms with Crippen molar-refractivity contribution in [3.05, 3.63) is 24.3 Å². The molecule has 0 spiro atoms. The van der Waals surface area contributed by atoms with Crippen molar-refractivity contribution in [1.82, 2.24) is 5.32 Å². The lowest BCUT2D eigenvalue weighted by Crippen LogP contribution is -2.48. The Morgan fingerprint density at radius 1 is 1.47 bits per heavy atom. The number of anilines is 1. The van der Waals surface area contributed by atoms with Crippen molar-refractivity contribution >= 4 is 17.5 Å². The Morgan fingerprint density at radius 2 is 2.18 bits per heavy atom. The van der Waals surface area contributed by atoms with E-state index in [1.54, 1.807) is 26.1 Å². The minimum absolute atomic E-state index is 0.0139. The molecule has 0 saturated carbocycles. The number of carbonyl (C=O) groups excluding carboxylic acids is 2. The molecule has 2 amide bonds. The summed E-state index contributed by atoms with van der Waals surface area (Å²) >= 11 is 0. The number of hydrogen-bond acceptors (Lipinski definition) is 3. The van der Waals surface area contributed by atoms with Crippen molar-refractivity contribution in [2.75, 3.05) is 18.5 Å². The van der Waals surface area contributed by atoms with Gasteiger partial charge in [0.2, 0.25) is 5.91 Å². The molecule has 0 fully saturated rings. The van der Waals surface area contributed by atoms with Gasteiger partial charge in [-0.15, -0.1) is 0 Å². The summed E-state index contributed by atoms with van der Waals surface area (Å²) in [5.74, 6) is 0.220. The van der Waals surface area contributed by atoms with Gasteiger partial charge in [0, 0.05) is 7.05 Å². The quantitative estimate of drug-likeness (QED) is 0.812. The van der Waals surface area contributed by atoms with E-state index in [9.17, 15) is 9.59 Å². The van der Waals surface area contributed by atoms with Crippen LogP contribution in [0.25, 0.3) is 0 Å². The van der Waals surface area contributed by atoms with Gasteiger partial charge in [0.1, 0.15) is 12.3 Å². The number of nitrogens with one attached hydrogen (secondary N) is 1. The first kappa shape index (κ1) is 11.4. The number of benzene rings is 1. The Labute approximate surface area is 99.4 Å². The van der Waals surface area contributed by atoms with Crippen molar-refractivity contribution in [3.63, 3.8) is 0 Å². The predicted molar refractivity (Wildman–Crippen MR) is 63.0 cm³/mol. The predicted octanol–water partition coefficient (Wildman–Crippen LogP) is 0.546. The van der Waals surface area contributed by atoms with Gasteiger partial charge in [-0.2, -0.15) is 0 Å². The first-order valence-corrected chi connectivity index (χ1v) is 5.41. The second-order valence-corrected chi connectivity index (χ2v) is 3.83. The van der Waals surface area contributed by atoms with Crippen LogP contribution in [0.4, 0.5) is 5.69 Å². The number of hydrogen-bond donors (Lipinski definition) is 1. The SMILES string of the molecule is CNC(=O)CN1C(=O)[C@@H](C)Oc2ccccc21. The summed E-state index contributed by atoms with van der Waals surface area (Å²) in [5, 5.41) is 2.50. The normalized spacial score (nSPS) is 18.4. The highest BCUT2D eigenvalue weighted by molar-refractivity contribution is 6.03. The number of carbonyl (C=O) groups is 2. The van der Waals surface area contributed by atoms with Crippen LogP contribution in [0.3, 0.4) is 0 Å². The third-order valence-corrected chi connectivity index (χ3v) is 2.65. The second kappa shape index (κ2) is 4.45. The smallest absolute Gasteiger partial charge is 0.268 e. The van der Waals surface area contributed by atoms with Gasteiger partial charge in [0.15, 0.2) is 6.10 Å². The minimum Gasteiger partial charge on any atom is -0.479 e. The molecule has 0 aliphatic carbocycles. The fourth-order valence-electron chi connectivity index (χ4n) is 1.74. The summed E-state index contributed by atoms with van der Waals surface area (Å²) in [5.41, 5.74) is 0.638. The lowest BCUT2D eigenvalue weighted by molar-refractivity contribution is -0.128. The Hall–Kier alpha value is -2.04. The van der Waals surface area contributed by atoms with E-state index >= 15 is 0 Å². The first-order valence-electron chi connectivity index (χ1n) is 5.41. The molecular weight excluding hydrogens is 220 g/mol. The van der Waals surface area contributed by atoms with Crippen molar-refractivity contribution < 1.29 is 14.3 Å². The Bertz CT molecular complexity index is 459. The highest BCUT2D eigenvalue weighted by Gasteiger charge is 2.32. The summed E-state index contributed by atoms with van der Waals surface area (Å²) in [7, 11) is 1.54. The van der Waals surface area contributed by atoms with Gasteiger partial charge in [0.25, 0.3) is 5.91 Å². The largest absolute Gasteiger partial charge is 0.479 e. The van der Waals surface area contributed by atoms with Gasteiger partial charge < -0.3 is 10.1 Å². The van der Waals surface area contributed by atoms with Crippen LogP contribution in [-0.2, 0) is 9.59 Å². The summed E-state index contributed by atoms with van der Waals surface area (Å²) in [6, 6.07) is 7.19. The molecule has 0 unspecified atom stereocenters. The highest BCUT2D eigenvalue weighted by atomic mass is 16.5. The lowest BCUT2D eigenvalue weighted by atomic mass is 10.2. The van der Waals surface area contributed by atoms with E-state index in [2.05, 4.69) is 5.32 Å². The fraction of sp³-hybridized carbons (Fsp3) is 0.333. The average Bonchev–Trinajstić information content (AvgIpc) is 2.34. The molecule has 2 rings (SSSR count). The monoisotopic (exact) mass is 234 g/mol. The molecule has 0 radical (unpaired) electrons. The maximum absolute atomic E-state index is 12.0. The highest BCUT2D eigenvalue weighted by Crippen LogP contribution is 2.33. The number of ether oxygens (including phenoxy) is 1. The van der Waals surface area contributed by atoms with E-state index in [1.165, 1.54) is 4.90 Å². The number of para-hydroxylation sites is 2. The van der Waals surface area contributed by atoms with Crippen molar-refractivity contribution in [1.29, 1.82) is 0 Å². The summed E-state index contributed by atoms with van der Waals surface area (Å²) in [4.78, 5) is 24.8. The van der Waals surface area contributed by atoms with Crippen molar-refractivity contribution in [2.24, 2.45) is 0 Å². The van der Waals surface area contributed by atoms with Crippen LogP contribution in [0, 0.1) is 0 Å². The van der Waals surface area contributed by atoms with Gasteiger partial charge in [-0.05, 0) is 19.1 Å². The Morgan fingerprint density at radius 3 is 2.88 bits per heavy atom. The molecule has 17 heavy (non-hydrogen) atoms. The summed E-state index contributed by atoms with van der Waals surface area (Å²) in [6.45, 7) is 1.69. The van der Waals surface area contributed by atoms with Crippen LogP contribution >= 0.6 is 0 Å². The van der Waals surface area contributed by atoms with E-state index in [1.807, 2.05) is 12.1 Å². The summed E-state index contributed by atoms with van der Waals surface area (Å²) < 4.78 is 5.47. The zero-order valence-corrected chi connectivity index (χ0v) is 9.77. The van der Waals surface area contributed by atoms with Gasteiger partial charge >= 0.3 is 0 Å². The molecule has 1 aromatic rings. The van der Waals surface area contributed by atoms with Crippen LogP contribution in [0.1, 0.15) is 6.92 Å². The van der Waals surface area contributed by atoms with E-state index < -0.39 is 6.10 Å². The standard InChI is InChI=1S/C12H14N2O3/c1-8-12(16)14(7-11(15)13-2)9-5-3-4-6-10(9)17-8/h3-6,8H,7H2,1-2H3,(H,13,15)/t8-/m1/s1. The topological polar surface area (TPSA) is 58.6 Å². The molecule has 1 aromatic carbocycles. The van der Waals surface area contributed by atoms with Gasteiger partial charge in [-0.3, -0.25) is 14.5 Å². The molecule has 1 aliphatic heterocycles. The molecule has 0 saturated heterocycles. The lowest BCUT2D eigenvalue weighted by Gasteiger charge is -2.32. The van der Waals surface area contributed by atoms with Gasteiger partial charge in [0.05, 0.1) is 5.69 Å². The van der Waals surface area contributed by atoms with E-state index in [0.717, 1.165) is 0 Å². The zero-order valence-electron chi connectivity index (χ0n) is 9.77. The summed E-state index contributed by atoms with van der Waals surface area (Å²) in [6.07, 6.45) is -0.561. The number of rotatable bonds is 2. The van der Waals surface area contributed by atoms with Gasteiger partial charge in [-0.1, -0.05) is 12.1 Å². The molecule has 0 bridgehead atoms. The fourth-order valence-corrected chi connectivity index (χ4v) is 1.74. The molecular formula is C12H14N2O3. The van der Waals surface area contributed by atoms with Gasteiger partial charge in [-0.25, -0.2) is 0 Å². The zero-order chi connectivity index (χ0) is 12.4. The maximum Gasteiger partial charge on any atom is 0.268 e. The average molecular weight is 234 g/mol. The third kappa shape index (κ3) is 2.08. The molecule has 1 N–H and O–H groups in total. The minimum atomic E-state index is -0.561. The van der Waals surface area contributed by atoms with E-state index in [0.29, 0.717) is 11.4 Å². The molecule has 1 atom stereocenters. The van der Waals surface area contributed by atoms with Crippen LogP contribution in [0.15, 0.2) is 24.3 Å². The van der Waals surface area contributed by atoms with Crippen LogP contribution in [0.5, 0.6) is 5.75 Å². The second-order valence-electron chi connectivity index (χ2n) is 3.83. The van der Waals surface area contributed by atoms with E-state index in [4.69, 9.17) is 4.74 Å². The van der Waals surface area contributed by atoms with Crippen molar-refractivity contribution in [3.8, 4) is 5.75 Å². The molecule has 5 nitrogen and oxygen atoms in total. The Balaban J connectivity index is 2.35. The first-order chi connectivity index (χ1) is 8.13. The number of fused-ring (bicyclic) bond motifs is 1. The third-order valence-electron chi connectivity index (χ3n) is 2.65. The molecule has 1 heterocycles. The van der Waals surface area contributed by atoms with Crippen molar-refractivity contribution in [2.45, 2.75) is 13.0 Å².